The van der Waals surface area contributed by atoms with Gasteiger partial charge in [-0.05, 0) is 12.1 Å². The number of nitrogens with zero attached hydrogens (tertiary/aromatic N) is 2. The van der Waals surface area contributed by atoms with E-state index in [1.54, 1.807) is 0 Å². The predicted molar refractivity (Wildman–Crippen MR) is 97.9 cm³/mol. The lowest BCUT2D eigenvalue weighted by Gasteiger charge is -2.31. The number of H-pyrrole nitrogens is 1. The SMILES string of the molecule is COc1c(N2CC(OC)(C(F)(F)F)CC2C(=O)Nc2cn[nH]c(=O)c2)ccc(F)c1F. The van der Waals surface area contributed by atoms with Gasteiger partial charge < -0.3 is 19.7 Å². The highest BCUT2D eigenvalue weighted by Gasteiger charge is 2.63. The van der Waals surface area contributed by atoms with Gasteiger partial charge in [0.1, 0.15) is 6.04 Å². The van der Waals surface area contributed by atoms with E-state index >= 15 is 0 Å². The van der Waals surface area contributed by atoms with E-state index in [1.807, 2.05) is 0 Å². The monoisotopic (exact) mass is 448 g/mol. The fraction of sp³-hybridized carbons (Fsp3) is 0.389. The Labute approximate surface area is 171 Å². The van der Waals surface area contributed by atoms with Gasteiger partial charge in [0.25, 0.3) is 5.56 Å². The van der Waals surface area contributed by atoms with Crippen molar-refractivity contribution in [3.63, 3.8) is 0 Å². The predicted octanol–water partition coefficient (Wildman–Crippen LogP) is 2.22. The summed E-state index contributed by atoms with van der Waals surface area (Å²) in [6.45, 7) is -0.889. The van der Waals surface area contributed by atoms with Crippen LogP contribution in [-0.2, 0) is 9.53 Å². The second-order valence-electron chi connectivity index (χ2n) is 6.78. The lowest BCUT2D eigenvalue weighted by Crippen LogP contribution is -2.49. The van der Waals surface area contributed by atoms with Crippen LogP contribution in [-0.4, -0.2) is 54.7 Å². The van der Waals surface area contributed by atoms with E-state index in [9.17, 15) is 31.5 Å². The fourth-order valence-electron chi connectivity index (χ4n) is 3.44. The van der Waals surface area contributed by atoms with E-state index < -0.39 is 59.6 Å². The van der Waals surface area contributed by atoms with Crippen LogP contribution in [0.3, 0.4) is 0 Å². The number of aromatic amines is 1. The summed E-state index contributed by atoms with van der Waals surface area (Å²) in [5.74, 6) is -4.30. The van der Waals surface area contributed by atoms with Crippen molar-refractivity contribution >= 4 is 17.3 Å². The van der Waals surface area contributed by atoms with E-state index in [0.29, 0.717) is 6.07 Å². The van der Waals surface area contributed by atoms with Gasteiger partial charge in [0.2, 0.25) is 11.7 Å². The molecule has 1 amide bonds. The normalized spacial score (nSPS) is 21.3. The molecule has 0 bridgehead atoms. The van der Waals surface area contributed by atoms with Crippen molar-refractivity contribution in [2.45, 2.75) is 24.2 Å². The molecule has 0 saturated carbocycles. The molecule has 2 aromatic rings. The minimum Gasteiger partial charge on any atom is -0.491 e. The van der Waals surface area contributed by atoms with Gasteiger partial charge in [-0.3, -0.25) is 9.59 Å². The summed E-state index contributed by atoms with van der Waals surface area (Å²) in [6, 6.07) is 1.17. The van der Waals surface area contributed by atoms with Crippen LogP contribution < -0.4 is 20.5 Å². The number of amides is 1. The van der Waals surface area contributed by atoms with Crippen LogP contribution in [0.5, 0.6) is 5.75 Å². The summed E-state index contributed by atoms with van der Waals surface area (Å²) < 4.78 is 79.0. The van der Waals surface area contributed by atoms with Crippen LogP contribution in [0.25, 0.3) is 0 Å². The minimum atomic E-state index is -4.88. The number of aromatic nitrogens is 2. The summed E-state index contributed by atoms with van der Waals surface area (Å²) in [6.07, 6.45) is -4.64. The molecule has 0 aliphatic carbocycles. The molecule has 31 heavy (non-hydrogen) atoms. The van der Waals surface area contributed by atoms with Gasteiger partial charge in [-0.15, -0.1) is 0 Å². The Morgan fingerprint density at radius 3 is 2.61 bits per heavy atom. The van der Waals surface area contributed by atoms with Crippen molar-refractivity contribution in [2.24, 2.45) is 0 Å². The number of carbonyl (C=O) groups is 1. The average Bonchev–Trinajstić information content (AvgIpc) is 3.11. The minimum absolute atomic E-state index is 0.0622. The standard InChI is InChI=1S/C18H17F5N4O4/c1-30-15-11(4-3-10(19)14(15)20)27-8-17(31-2,18(21,22)23)6-12(27)16(29)25-9-5-13(28)26-24-7-9/h3-5,7,12H,6,8H2,1-2H3,(H2,25,26,28,29). The zero-order valence-electron chi connectivity index (χ0n) is 16.2. The van der Waals surface area contributed by atoms with Crippen molar-refractivity contribution in [3.8, 4) is 5.75 Å². The molecular formula is C18H17F5N4O4. The van der Waals surface area contributed by atoms with Gasteiger partial charge in [0.05, 0.1) is 31.2 Å². The Hall–Kier alpha value is -3.22. The number of alkyl halides is 3. The summed E-state index contributed by atoms with van der Waals surface area (Å²) >= 11 is 0. The van der Waals surface area contributed by atoms with Crippen molar-refractivity contribution in [2.75, 3.05) is 31.0 Å². The zero-order valence-corrected chi connectivity index (χ0v) is 16.2. The van der Waals surface area contributed by atoms with E-state index in [2.05, 4.69) is 15.5 Å². The zero-order chi connectivity index (χ0) is 23.0. The van der Waals surface area contributed by atoms with E-state index in [0.717, 1.165) is 37.4 Å². The second kappa shape index (κ2) is 8.13. The van der Waals surface area contributed by atoms with Crippen LogP contribution in [0.2, 0.25) is 0 Å². The Morgan fingerprint density at radius 2 is 2.03 bits per heavy atom. The highest BCUT2D eigenvalue weighted by Crippen LogP contribution is 2.47. The lowest BCUT2D eigenvalue weighted by molar-refractivity contribution is -0.261. The molecular weight excluding hydrogens is 431 g/mol. The average molecular weight is 448 g/mol. The highest BCUT2D eigenvalue weighted by molar-refractivity contribution is 5.97. The number of methoxy groups -OCH3 is 2. The van der Waals surface area contributed by atoms with Gasteiger partial charge in [0.15, 0.2) is 17.2 Å². The van der Waals surface area contributed by atoms with Gasteiger partial charge >= 0.3 is 6.18 Å². The van der Waals surface area contributed by atoms with Crippen LogP contribution in [0.4, 0.5) is 33.3 Å². The van der Waals surface area contributed by atoms with E-state index in [-0.39, 0.29) is 11.4 Å². The van der Waals surface area contributed by atoms with Crippen LogP contribution in [0.1, 0.15) is 6.42 Å². The number of hydrogen-bond acceptors (Lipinski definition) is 6. The van der Waals surface area contributed by atoms with Gasteiger partial charge in [-0.25, -0.2) is 9.49 Å². The molecule has 0 radical (unpaired) electrons. The molecule has 2 N–H and O–H groups in total. The third-order valence-electron chi connectivity index (χ3n) is 5.01. The number of benzene rings is 1. The van der Waals surface area contributed by atoms with E-state index in [1.165, 1.54) is 0 Å². The summed E-state index contributed by atoms with van der Waals surface area (Å²) in [7, 11) is 1.86. The molecule has 1 aromatic carbocycles. The van der Waals surface area contributed by atoms with Crippen molar-refractivity contribution in [1.82, 2.24) is 10.2 Å². The molecule has 1 aromatic heterocycles. The van der Waals surface area contributed by atoms with Gasteiger partial charge in [0, 0.05) is 19.6 Å². The fourth-order valence-corrected chi connectivity index (χ4v) is 3.44. The Kier molecular flexibility index (Phi) is 5.89. The summed E-state index contributed by atoms with van der Waals surface area (Å²) in [4.78, 5) is 25.2. The quantitative estimate of drug-likeness (QED) is 0.682. The Bertz CT molecular complexity index is 1040. The molecule has 13 heteroatoms. The van der Waals surface area contributed by atoms with Crippen molar-refractivity contribution < 1.29 is 36.2 Å². The summed E-state index contributed by atoms with van der Waals surface area (Å²) in [5, 5.41) is 7.89. The van der Waals surface area contributed by atoms with Crippen molar-refractivity contribution in [3.05, 3.63) is 46.4 Å². The maximum absolute atomic E-state index is 14.2. The molecule has 2 heterocycles. The topological polar surface area (TPSA) is 96.6 Å². The van der Waals surface area contributed by atoms with Gasteiger partial charge in [-0.1, -0.05) is 0 Å². The second-order valence-corrected chi connectivity index (χ2v) is 6.78. The lowest BCUT2D eigenvalue weighted by atomic mass is 9.99. The first-order chi connectivity index (χ1) is 14.5. The number of halogens is 5. The molecule has 2 unspecified atom stereocenters. The number of nitrogens with one attached hydrogen (secondary N) is 2. The number of hydrogen-bond donors (Lipinski definition) is 2. The first-order valence-electron chi connectivity index (χ1n) is 8.79. The molecule has 1 aliphatic heterocycles. The van der Waals surface area contributed by atoms with Gasteiger partial charge in [-0.2, -0.15) is 22.7 Å². The number of anilines is 2. The van der Waals surface area contributed by atoms with Crippen LogP contribution in [0.15, 0.2) is 29.2 Å². The largest absolute Gasteiger partial charge is 0.491 e. The van der Waals surface area contributed by atoms with E-state index in [4.69, 9.17) is 9.47 Å². The molecule has 0 spiro atoms. The molecule has 1 aliphatic rings. The maximum atomic E-state index is 14.2. The summed E-state index contributed by atoms with van der Waals surface area (Å²) in [5.41, 5.74) is -3.75. The maximum Gasteiger partial charge on any atom is 0.419 e. The molecule has 8 nitrogen and oxygen atoms in total. The number of carbonyl (C=O) groups excluding carboxylic acids is 1. The molecule has 3 rings (SSSR count). The Morgan fingerprint density at radius 1 is 1.32 bits per heavy atom. The Balaban J connectivity index is 2.06. The first kappa shape index (κ1) is 22.5. The third kappa shape index (κ3) is 4.04. The third-order valence-corrected chi connectivity index (χ3v) is 5.01. The van der Waals surface area contributed by atoms with Crippen molar-refractivity contribution in [1.29, 1.82) is 0 Å². The van der Waals surface area contributed by atoms with Crippen LogP contribution in [0, 0.1) is 11.6 Å². The molecule has 1 saturated heterocycles. The smallest absolute Gasteiger partial charge is 0.419 e. The molecule has 1 fully saturated rings. The molecule has 2 atom stereocenters. The first-order valence-corrected chi connectivity index (χ1v) is 8.79. The van der Waals surface area contributed by atoms with Crippen LogP contribution >= 0.6 is 0 Å². The highest BCUT2D eigenvalue weighted by atomic mass is 19.4. The number of ether oxygens (including phenoxy) is 2. The number of rotatable bonds is 5. The molecule has 168 valence electrons.